The maximum absolute atomic E-state index is 10.5. The number of likely N-dealkylation sites (N-methyl/N-ethyl adjacent to an activating group) is 1. The molecule has 0 saturated carbocycles. The summed E-state index contributed by atoms with van der Waals surface area (Å²) in [5.41, 5.74) is 0. The van der Waals surface area contributed by atoms with Crippen molar-refractivity contribution in [3.63, 3.8) is 0 Å². The van der Waals surface area contributed by atoms with Crippen molar-refractivity contribution < 1.29 is 72.8 Å². The van der Waals surface area contributed by atoms with E-state index in [-0.39, 0.29) is 64.8 Å². The zero-order valence-corrected chi connectivity index (χ0v) is 11.4. The molecule has 1 atom stereocenters. The Hall–Kier alpha value is 1.20. The Morgan fingerprint density at radius 1 is 1.80 bits per heavy atom. The quantitative estimate of drug-likeness (QED) is 0.500. The second-order valence-corrected chi connectivity index (χ2v) is 1.48. The van der Waals surface area contributed by atoms with Crippen LogP contribution in [0, 0.1) is 0 Å². The number of esters is 1. The largest absolute Gasteiger partial charge is 1.00 e. The van der Waals surface area contributed by atoms with Gasteiger partial charge in [0.15, 0.2) is 0 Å². The van der Waals surface area contributed by atoms with E-state index in [9.17, 15) is 4.79 Å². The second kappa shape index (κ2) is 8.29. The Morgan fingerprint density at radius 3 is 2.40 bits per heavy atom. The number of methoxy groups -OCH3 is 1. The Labute approximate surface area is 109 Å². The summed E-state index contributed by atoms with van der Waals surface area (Å²) in [6.07, 6.45) is 0. The van der Waals surface area contributed by atoms with Gasteiger partial charge in [-0.2, -0.15) is 7.05 Å². The number of ether oxygens (including phenoxy) is 1. The molecule has 0 bridgehead atoms. The molecule has 5 heteroatoms. The van der Waals surface area contributed by atoms with Crippen molar-refractivity contribution in [1.29, 1.82) is 0 Å². The normalized spacial score (nSPS) is 11.5. The van der Waals surface area contributed by atoms with Crippen LogP contribution < -0.4 is 58.2 Å². The minimum absolute atomic E-state index is 0. The molecular weight excluding hydrogens is 208 g/mol. The molecule has 10 heavy (non-hydrogen) atoms. The first-order chi connectivity index (χ1) is 4.26. The average molecular weight is 218 g/mol. The molecular formula is C5H10NO3Rb. The Morgan fingerprint density at radius 2 is 2.30 bits per heavy atom. The number of nitrogens with zero attached hydrogens (tertiary/aromatic N) is 1. The zero-order chi connectivity index (χ0) is 7.28. The average Bonchev–Trinajstić information content (AvgIpc) is 1.90. The Bertz CT molecular complexity index is 94.9. The molecule has 0 spiro atoms. The molecule has 0 aliphatic rings. The summed E-state index contributed by atoms with van der Waals surface area (Å²) in [7, 11) is 2.72. The second-order valence-electron chi connectivity index (χ2n) is 1.48. The van der Waals surface area contributed by atoms with Crippen LogP contribution in [0.2, 0.25) is 0 Å². The molecule has 0 saturated heterocycles. The van der Waals surface area contributed by atoms with E-state index in [4.69, 9.17) is 5.11 Å². The van der Waals surface area contributed by atoms with Crippen molar-refractivity contribution in [2.75, 3.05) is 20.8 Å². The first-order valence-corrected chi connectivity index (χ1v) is 2.54. The van der Waals surface area contributed by atoms with E-state index < -0.39 is 12.0 Å². The number of aliphatic hydroxyl groups excluding tert-OH is 1. The number of rotatable bonds is 3. The van der Waals surface area contributed by atoms with Gasteiger partial charge in [0.2, 0.25) is 0 Å². The van der Waals surface area contributed by atoms with E-state index in [0.29, 0.717) is 0 Å². The fourth-order valence-corrected chi connectivity index (χ4v) is 0.398. The summed E-state index contributed by atoms with van der Waals surface area (Å²) in [5.74, 6) is -0.500. The van der Waals surface area contributed by atoms with Gasteiger partial charge in [0, 0.05) is 6.61 Å². The zero-order valence-electron chi connectivity index (χ0n) is 6.50. The summed E-state index contributed by atoms with van der Waals surface area (Å²) in [5, 5.41) is 12.0. The van der Waals surface area contributed by atoms with Gasteiger partial charge in [0.05, 0.1) is 7.11 Å². The molecule has 0 aromatic carbocycles. The van der Waals surface area contributed by atoms with Gasteiger partial charge in [-0.25, -0.2) is 0 Å². The van der Waals surface area contributed by atoms with Gasteiger partial charge in [0.25, 0.3) is 5.97 Å². The third-order valence-electron chi connectivity index (χ3n) is 0.958. The first-order valence-electron chi connectivity index (χ1n) is 2.54. The molecule has 0 radical (unpaired) electrons. The van der Waals surface area contributed by atoms with E-state index in [1.807, 2.05) is 0 Å². The van der Waals surface area contributed by atoms with Gasteiger partial charge in [-0.15, -0.1) is 0 Å². The van der Waals surface area contributed by atoms with E-state index in [1.165, 1.54) is 14.2 Å². The van der Waals surface area contributed by atoms with Gasteiger partial charge in [-0.1, -0.05) is 0 Å². The van der Waals surface area contributed by atoms with Crippen molar-refractivity contribution in [2.45, 2.75) is 6.04 Å². The first kappa shape index (κ1) is 13.8. The van der Waals surface area contributed by atoms with Crippen molar-refractivity contribution in [3.05, 3.63) is 5.32 Å². The van der Waals surface area contributed by atoms with E-state index >= 15 is 0 Å². The standard InChI is InChI=1S/C5H10NO3.Rb/c1-6-4(3-7)5(8)9-2;/h4,7H,3H2,1-2H3;/q-1;+1/t4-;/m1./s1. The fraction of sp³-hybridized carbons (Fsp3) is 0.800. The molecule has 1 N–H and O–H groups in total. The number of carbonyl (C=O) groups excluding carboxylic acids is 1. The predicted molar refractivity (Wildman–Crippen MR) is 32.2 cm³/mol. The number of hydrogen-bond acceptors (Lipinski definition) is 3. The van der Waals surface area contributed by atoms with Crippen LogP contribution in [0.3, 0.4) is 0 Å². The molecule has 0 fully saturated rings. The summed E-state index contributed by atoms with van der Waals surface area (Å²) in [6.45, 7) is -0.289. The minimum atomic E-state index is -0.713. The third-order valence-corrected chi connectivity index (χ3v) is 0.958. The maximum Gasteiger partial charge on any atom is 1.00 e. The van der Waals surface area contributed by atoms with E-state index in [0.717, 1.165) is 0 Å². The van der Waals surface area contributed by atoms with Crippen LogP contribution in [0.1, 0.15) is 0 Å². The van der Waals surface area contributed by atoms with Crippen molar-refractivity contribution >= 4 is 5.97 Å². The molecule has 0 unspecified atom stereocenters. The molecule has 0 aromatic rings. The molecule has 0 aliphatic carbocycles. The monoisotopic (exact) mass is 217 g/mol. The van der Waals surface area contributed by atoms with Gasteiger partial charge in [0.1, 0.15) is 0 Å². The number of hydrogen-bond donors (Lipinski definition) is 1. The SMILES string of the molecule is C[N-][C@H](CO)C(=O)OC.[Rb+]. The van der Waals surface area contributed by atoms with Gasteiger partial charge < -0.3 is 15.2 Å². The molecule has 0 aliphatic heterocycles. The molecule has 0 aromatic heterocycles. The Balaban J connectivity index is 0. The van der Waals surface area contributed by atoms with Crippen molar-refractivity contribution in [2.24, 2.45) is 0 Å². The van der Waals surface area contributed by atoms with Gasteiger partial charge in [-0.05, 0) is 6.04 Å². The van der Waals surface area contributed by atoms with Gasteiger partial charge in [-0.3, -0.25) is 4.79 Å². The summed E-state index contributed by atoms with van der Waals surface area (Å²) < 4.78 is 4.30. The van der Waals surface area contributed by atoms with Crippen LogP contribution in [0.25, 0.3) is 5.32 Å². The topological polar surface area (TPSA) is 60.6 Å². The van der Waals surface area contributed by atoms with Crippen LogP contribution in [-0.2, 0) is 9.53 Å². The molecule has 54 valence electrons. The summed E-state index contributed by atoms with van der Waals surface area (Å²) in [4.78, 5) is 10.5. The van der Waals surface area contributed by atoms with Crippen LogP contribution in [0.4, 0.5) is 0 Å². The number of aliphatic hydroxyl groups is 1. The van der Waals surface area contributed by atoms with Crippen LogP contribution in [0.5, 0.6) is 0 Å². The molecule has 0 amide bonds. The van der Waals surface area contributed by atoms with Gasteiger partial charge >= 0.3 is 58.2 Å². The van der Waals surface area contributed by atoms with Crippen LogP contribution in [0.15, 0.2) is 0 Å². The minimum Gasteiger partial charge on any atom is -0.651 e. The van der Waals surface area contributed by atoms with E-state index in [2.05, 4.69) is 10.1 Å². The van der Waals surface area contributed by atoms with E-state index in [1.54, 1.807) is 0 Å². The smallest absolute Gasteiger partial charge is 0.651 e. The number of carbonyl (C=O) groups is 1. The van der Waals surface area contributed by atoms with Crippen LogP contribution >= 0.6 is 0 Å². The molecule has 4 nitrogen and oxygen atoms in total. The fourth-order valence-electron chi connectivity index (χ4n) is 0.398. The maximum atomic E-state index is 10.5. The third kappa shape index (κ3) is 4.93. The van der Waals surface area contributed by atoms with Crippen molar-refractivity contribution in [3.8, 4) is 0 Å². The molecule has 0 rings (SSSR count). The van der Waals surface area contributed by atoms with Crippen molar-refractivity contribution in [1.82, 2.24) is 0 Å². The molecule has 0 heterocycles. The predicted octanol–water partition coefficient (Wildman–Crippen LogP) is -3.47. The Kier molecular flexibility index (Phi) is 11.4. The summed E-state index contributed by atoms with van der Waals surface area (Å²) in [6, 6.07) is -0.713. The van der Waals surface area contributed by atoms with Crippen LogP contribution in [-0.4, -0.2) is 37.9 Å². The summed E-state index contributed by atoms with van der Waals surface area (Å²) >= 11 is 0.